The highest BCUT2D eigenvalue weighted by atomic mass is 16.3. The SMILES string of the molecule is Cn1ncc(N=O)n1. The maximum atomic E-state index is 9.65. The van der Waals surface area contributed by atoms with Crippen molar-refractivity contribution in [3.8, 4) is 0 Å². The summed E-state index contributed by atoms with van der Waals surface area (Å²) in [5.74, 6) is 0.118. The summed E-state index contributed by atoms with van der Waals surface area (Å²) >= 11 is 0. The van der Waals surface area contributed by atoms with Crippen LogP contribution in [0.3, 0.4) is 0 Å². The van der Waals surface area contributed by atoms with Gasteiger partial charge in [-0.1, -0.05) is 0 Å². The molecule has 42 valence electrons. The third-order valence-corrected chi connectivity index (χ3v) is 0.681. The van der Waals surface area contributed by atoms with Gasteiger partial charge < -0.3 is 0 Å². The molecular formula is C3H4N4O. The molecule has 0 spiro atoms. The van der Waals surface area contributed by atoms with Gasteiger partial charge >= 0.3 is 0 Å². The summed E-state index contributed by atoms with van der Waals surface area (Å²) in [4.78, 5) is 10.9. The maximum absolute atomic E-state index is 9.65. The first-order valence-corrected chi connectivity index (χ1v) is 2.02. The predicted octanol–water partition coefficient (Wildman–Crippen LogP) is 0.213. The third kappa shape index (κ3) is 0.699. The fraction of sp³-hybridized carbons (Fsp3) is 0.333. The summed E-state index contributed by atoms with van der Waals surface area (Å²) in [6, 6.07) is 0. The molecule has 1 aromatic rings. The van der Waals surface area contributed by atoms with E-state index in [1.807, 2.05) is 0 Å². The van der Waals surface area contributed by atoms with Crippen LogP contribution >= 0.6 is 0 Å². The third-order valence-electron chi connectivity index (χ3n) is 0.681. The lowest BCUT2D eigenvalue weighted by Crippen LogP contribution is -1.90. The minimum absolute atomic E-state index is 0.118. The largest absolute Gasteiger partial charge is 0.237 e. The van der Waals surface area contributed by atoms with E-state index < -0.39 is 0 Å². The lowest BCUT2D eigenvalue weighted by atomic mass is 10.8. The standard InChI is InChI=1S/C3H4N4O/c1-7-4-2-3(5-7)6-8/h2H,1H3. The summed E-state index contributed by atoms with van der Waals surface area (Å²) in [6.45, 7) is 0. The van der Waals surface area contributed by atoms with Gasteiger partial charge in [-0.3, -0.25) is 0 Å². The molecular weight excluding hydrogens is 108 g/mol. The van der Waals surface area contributed by atoms with Gasteiger partial charge in [-0.25, -0.2) is 0 Å². The lowest BCUT2D eigenvalue weighted by molar-refractivity contribution is 0.655. The molecule has 0 fully saturated rings. The van der Waals surface area contributed by atoms with Crippen molar-refractivity contribution in [2.45, 2.75) is 0 Å². The zero-order valence-electron chi connectivity index (χ0n) is 4.27. The number of aryl methyl sites for hydroxylation is 1. The van der Waals surface area contributed by atoms with Gasteiger partial charge in [0.2, 0.25) is 5.82 Å². The molecule has 1 heterocycles. The molecule has 0 N–H and O–H groups in total. The molecule has 0 amide bonds. The van der Waals surface area contributed by atoms with E-state index in [9.17, 15) is 4.91 Å². The van der Waals surface area contributed by atoms with E-state index in [1.165, 1.54) is 11.0 Å². The number of nitroso groups, excluding NO2 is 1. The van der Waals surface area contributed by atoms with Crippen molar-refractivity contribution in [2.75, 3.05) is 0 Å². The quantitative estimate of drug-likeness (QED) is 0.488. The first-order valence-electron chi connectivity index (χ1n) is 2.02. The molecule has 0 bridgehead atoms. The van der Waals surface area contributed by atoms with Crippen LogP contribution in [0, 0.1) is 4.91 Å². The number of rotatable bonds is 1. The Morgan fingerprint density at radius 1 is 1.88 bits per heavy atom. The van der Waals surface area contributed by atoms with E-state index in [2.05, 4.69) is 15.4 Å². The Labute approximate surface area is 45.3 Å². The monoisotopic (exact) mass is 112 g/mol. The molecule has 0 unspecified atom stereocenters. The molecule has 5 heteroatoms. The lowest BCUT2D eigenvalue weighted by Gasteiger charge is -1.76. The van der Waals surface area contributed by atoms with Crippen molar-refractivity contribution < 1.29 is 0 Å². The van der Waals surface area contributed by atoms with E-state index in [4.69, 9.17) is 0 Å². The highest BCUT2D eigenvalue weighted by Gasteiger charge is 1.91. The van der Waals surface area contributed by atoms with Gasteiger partial charge in [0.15, 0.2) is 0 Å². The summed E-state index contributed by atoms with van der Waals surface area (Å²) < 4.78 is 0. The summed E-state index contributed by atoms with van der Waals surface area (Å²) in [5, 5.41) is 9.70. The molecule has 8 heavy (non-hydrogen) atoms. The predicted molar refractivity (Wildman–Crippen MR) is 26.5 cm³/mol. The molecule has 5 nitrogen and oxygen atoms in total. The van der Waals surface area contributed by atoms with Crippen LogP contribution in [0.25, 0.3) is 0 Å². The molecule has 1 rings (SSSR count). The Kier molecular flexibility index (Phi) is 1.03. The zero-order valence-corrected chi connectivity index (χ0v) is 4.27. The highest BCUT2D eigenvalue weighted by Crippen LogP contribution is 1.99. The van der Waals surface area contributed by atoms with Crippen LogP contribution in [0.1, 0.15) is 0 Å². The normalized spacial score (nSPS) is 9.12. The second-order valence-corrected chi connectivity index (χ2v) is 1.28. The second kappa shape index (κ2) is 1.69. The van der Waals surface area contributed by atoms with Gasteiger partial charge in [0, 0.05) is 7.05 Å². The van der Waals surface area contributed by atoms with Crippen LogP contribution < -0.4 is 0 Å². The minimum Gasteiger partial charge on any atom is -0.186 e. The average molecular weight is 112 g/mol. The number of hydrogen-bond donors (Lipinski definition) is 0. The van der Waals surface area contributed by atoms with E-state index in [1.54, 1.807) is 7.05 Å². The summed E-state index contributed by atoms with van der Waals surface area (Å²) in [6.07, 6.45) is 1.30. The molecule has 0 aliphatic heterocycles. The van der Waals surface area contributed by atoms with Crippen LogP contribution in [0.2, 0.25) is 0 Å². The number of aromatic nitrogens is 3. The Hall–Kier alpha value is -1.26. The van der Waals surface area contributed by atoms with Gasteiger partial charge in [0.25, 0.3) is 0 Å². The number of hydrogen-bond acceptors (Lipinski definition) is 4. The van der Waals surface area contributed by atoms with Gasteiger partial charge in [0.1, 0.15) is 0 Å². The van der Waals surface area contributed by atoms with Gasteiger partial charge in [0.05, 0.1) is 6.20 Å². The van der Waals surface area contributed by atoms with Crippen LogP contribution in [0.15, 0.2) is 11.4 Å². The molecule has 0 aliphatic carbocycles. The van der Waals surface area contributed by atoms with Crippen LogP contribution in [-0.2, 0) is 7.05 Å². The molecule has 0 saturated carbocycles. The van der Waals surface area contributed by atoms with Crippen molar-refractivity contribution in [2.24, 2.45) is 12.2 Å². The van der Waals surface area contributed by atoms with E-state index in [-0.39, 0.29) is 5.82 Å². The second-order valence-electron chi connectivity index (χ2n) is 1.28. The van der Waals surface area contributed by atoms with Crippen LogP contribution in [0.4, 0.5) is 5.82 Å². The van der Waals surface area contributed by atoms with Gasteiger partial charge in [-0.15, -0.1) is 10.0 Å². The Morgan fingerprint density at radius 3 is 2.88 bits per heavy atom. The molecule has 0 aromatic carbocycles. The zero-order chi connectivity index (χ0) is 5.98. The topological polar surface area (TPSA) is 60.1 Å². The van der Waals surface area contributed by atoms with Crippen LogP contribution in [-0.4, -0.2) is 15.0 Å². The molecule has 0 aliphatic rings. The number of nitrogens with zero attached hydrogens (tertiary/aromatic N) is 4. The van der Waals surface area contributed by atoms with Crippen LogP contribution in [0.5, 0.6) is 0 Å². The van der Waals surface area contributed by atoms with E-state index in [0.717, 1.165) is 0 Å². The van der Waals surface area contributed by atoms with E-state index in [0.29, 0.717) is 0 Å². The molecule has 1 aromatic heterocycles. The fourth-order valence-electron chi connectivity index (χ4n) is 0.377. The van der Waals surface area contributed by atoms with Crippen molar-refractivity contribution in [1.29, 1.82) is 0 Å². The fourth-order valence-corrected chi connectivity index (χ4v) is 0.377. The van der Waals surface area contributed by atoms with Crippen molar-refractivity contribution in [3.05, 3.63) is 11.1 Å². The first kappa shape index (κ1) is 4.89. The first-order chi connectivity index (χ1) is 3.83. The van der Waals surface area contributed by atoms with Crippen molar-refractivity contribution in [1.82, 2.24) is 15.0 Å². The smallest absolute Gasteiger partial charge is 0.186 e. The Balaban J connectivity index is 3.00. The molecule has 0 atom stereocenters. The minimum atomic E-state index is 0.118. The summed E-state index contributed by atoms with van der Waals surface area (Å²) in [7, 11) is 1.62. The molecule has 0 radical (unpaired) electrons. The summed E-state index contributed by atoms with van der Waals surface area (Å²) in [5.41, 5.74) is 0. The van der Waals surface area contributed by atoms with Gasteiger partial charge in [-0.05, 0) is 5.18 Å². The van der Waals surface area contributed by atoms with Crippen molar-refractivity contribution in [3.63, 3.8) is 0 Å². The molecule has 0 saturated heterocycles. The van der Waals surface area contributed by atoms with Crippen molar-refractivity contribution >= 4 is 5.82 Å². The Morgan fingerprint density at radius 2 is 2.62 bits per heavy atom. The van der Waals surface area contributed by atoms with Gasteiger partial charge in [-0.2, -0.15) is 9.90 Å². The highest BCUT2D eigenvalue weighted by molar-refractivity contribution is 5.17. The maximum Gasteiger partial charge on any atom is 0.237 e. The Bertz CT molecular complexity index is 193. The van der Waals surface area contributed by atoms with E-state index >= 15 is 0 Å². The average Bonchev–Trinajstić information content (AvgIpc) is 2.14.